The summed E-state index contributed by atoms with van der Waals surface area (Å²) in [5.74, 6) is 0.284. The molecule has 0 aliphatic carbocycles. The third-order valence-corrected chi connectivity index (χ3v) is 4.64. The monoisotopic (exact) mass is 364 g/mol. The van der Waals surface area contributed by atoms with E-state index >= 15 is 0 Å². The molecule has 2 heterocycles. The Labute approximate surface area is 155 Å². The Hall–Kier alpha value is -2.92. The summed E-state index contributed by atoms with van der Waals surface area (Å²) in [6.45, 7) is 4.70. The number of anilines is 1. The topological polar surface area (TPSA) is 59.8 Å². The third-order valence-electron chi connectivity index (χ3n) is 4.39. The molecule has 130 valence electrons. The lowest BCUT2D eigenvalue weighted by Crippen LogP contribution is -2.12. The number of nitrogens with one attached hydrogen (secondary N) is 1. The summed E-state index contributed by atoms with van der Waals surface area (Å²) in [6.07, 6.45) is 0. The van der Waals surface area contributed by atoms with Gasteiger partial charge in [-0.3, -0.25) is 4.79 Å². The van der Waals surface area contributed by atoms with Crippen LogP contribution in [0.25, 0.3) is 21.9 Å². The van der Waals surface area contributed by atoms with Gasteiger partial charge in [0.05, 0.1) is 10.9 Å². The molecule has 6 heteroatoms. The van der Waals surface area contributed by atoms with Crippen molar-refractivity contribution in [3.05, 3.63) is 64.7 Å². The number of rotatable bonds is 3. The summed E-state index contributed by atoms with van der Waals surface area (Å²) in [7, 11) is 0. The molecule has 1 N–H and O–H groups in total. The highest BCUT2D eigenvalue weighted by atomic mass is 35.5. The summed E-state index contributed by atoms with van der Waals surface area (Å²) >= 11 is 5.89. The van der Waals surface area contributed by atoms with E-state index in [0.29, 0.717) is 22.9 Å². The van der Waals surface area contributed by atoms with Crippen molar-refractivity contribution in [3.8, 4) is 0 Å². The first-order chi connectivity index (χ1) is 12.6. The maximum Gasteiger partial charge on any atom is 0.256 e. The van der Waals surface area contributed by atoms with Crippen molar-refractivity contribution >= 4 is 45.3 Å². The second kappa shape index (κ2) is 6.42. The predicted octanol–water partition coefficient (Wildman–Crippen LogP) is 4.82. The molecular formula is C20H17ClN4O. The average Bonchev–Trinajstić information content (AvgIpc) is 2.98. The minimum absolute atomic E-state index is 0.228. The smallest absolute Gasteiger partial charge is 0.256 e. The average molecular weight is 365 g/mol. The Balaban J connectivity index is 1.82. The van der Waals surface area contributed by atoms with Gasteiger partial charge >= 0.3 is 0 Å². The van der Waals surface area contributed by atoms with Gasteiger partial charge in [-0.2, -0.15) is 5.10 Å². The summed E-state index contributed by atoms with van der Waals surface area (Å²) in [6, 6.07) is 14.8. The molecular weight excluding hydrogens is 348 g/mol. The molecule has 2 aromatic heterocycles. The molecule has 4 rings (SSSR count). The molecule has 26 heavy (non-hydrogen) atoms. The zero-order valence-electron chi connectivity index (χ0n) is 14.5. The molecule has 0 bridgehead atoms. The van der Waals surface area contributed by atoms with E-state index in [9.17, 15) is 4.79 Å². The molecule has 1 amide bonds. The van der Waals surface area contributed by atoms with E-state index in [0.717, 1.165) is 27.5 Å². The van der Waals surface area contributed by atoms with Crippen LogP contribution in [0.3, 0.4) is 0 Å². The number of nitrogens with zero attached hydrogens (tertiary/aromatic N) is 3. The molecule has 5 nitrogen and oxygen atoms in total. The van der Waals surface area contributed by atoms with Crippen LogP contribution < -0.4 is 5.32 Å². The van der Waals surface area contributed by atoms with Crippen molar-refractivity contribution in [2.24, 2.45) is 0 Å². The van der Waals surface area contributed by atoms with Gasteiger partial charge in [0.15, 0.2) is 11.5 Å². The van der Waals surface area contributed by atoms with Crippen LogP contribution in [0.5, 0.6) is 0 Å². The Kier molecular flexibility index (Phi) is 4.09. The van der Waals surface area contributed by atoms with Crippen molar-refractivity contribution in [2.75, 3.05) is 5.32 Å². The van der Waals surface area contributed by atoms with Gasteiger partial charge in [0.1, 0.15) is 0 Å². The van der Waals surface area contributed by atoms with Crippen LogP contribution in [0.1, 0.15) is 22.8 Å². The van der Waals surface area contributed by atoms with E-state index < -0.39 is 0 Å². The lowest BCUT2D eigenvalue weighted by molar-refractivity contribution is 0.102. The van der Waals surface area contributed by atoms with Gasteiger partial charge in [0.2, 0.25) is 0 Å². The fourth-order valence-electron chi connectivity index (χ4n) is 3.02. The van der Waals surface area contributed by atoms with Crippen molar-refractivity contribution < 1.29 is 4.79 Å². The number of carbonyl (C=O) groups excluding carboxylic acids is 1. The molecule has 0 fully saturated rings. The summed E-state index contributed by atoms with van der Waals surface area (Å²) < 4.78 is 1.80. The van der Waals surface area contributed by atoms with Gasteiger partial charge in [0, 0.05) is 22.5 Å². The molecule has 0 spiro atoms. The van der Waals surface area contributed by atoms with Crippen molar-refractivity contribution in [3.63, 3.8) is 0 Å². The fourth-order valence-corrected chi connectivity index (χ4v) is 3.15. The third kappa shape index (κ3) is 2.80. The molecule has 0 saturated carbocycles. The van der Waals surface area contributed by atoms with Gasteiger partial charge in [-0.25, -0.2) is 9.67 Å². The molecule has 0 atom stereocenters. The van der Waals surface area contributed by atoms with E-state index in [-0.39, 0.29) is 5.91 Å². The molecule has 0 saturated heterocycles. The Morgan fingerprint density at radius 3 is 2.69 bits per heavy atom. The molecule has 0 aliphatic rings. The number of para-hydroxylation sites is 1. The van der Waals surface area contributed by atoms with Crippen LogP contribution in [-0.4, -0.2) is 20.7 Å². The number of benzene rings is 2. The number of amides is 1. The lowest BCUT2D eigenvalue weighted by Gasteiger charge is -2.04. The number of halogens is 1. The molecule has 0 unspecified atom stereocenters. The highest BCUT2D eigenvalue weighted by molar-refractivity contribution is 6.30. The van der Waals surface area contributed by atoms with Crippen molar-refractivity contribution in [1.82, 2.24) is 14.8 Å². The number of carbonyl (C=O) groups is 1. The van der Waals surface area contributed by atoms with E-state index in [4.69, 9.17) is 16.6 Å². The first kappa shape index (κ1) is 16.5. The first-order valence-corrected chi connectivity index (χ1v) is 8.78. The van der Waals surface area contributed by atoms with E-state index in [2.05, 4.69) is 10.4 Å². The van der Waals surface area contributed by atoms with Crippen LogP contribution in [0.15, 0.2) is 48.5 Å². The van der Waals surface area contributed by atoms with Gasteiger partial charge < -0.3 is 5.32 Å². The zero-order chi connectivity index (χ0) is 18.3. The van der Waals surface area contributed by atoms with E-state index in [1.165, 1.54) is 0 Å². The second-order valence-electron chi connectivity index (χ2n) is 6.13. The minimum Gasteiger partial charge on any atom is -0.305 e. The number of fused-ring (bicyclic) bond motifs is 2. The normalized spacial score (nSPS) is 11.2. The lowest BCUT2D eigenvalue weighted by atomic mass is 10.1. The zero-order valence-corrected chi connectivity index (χ0v) is 15.2. The van der Waals surface area contributed by atoms with Gasteiger partial charge in [0.25, 0.3) is 5.91 Å². The van der Waals surface area contributed by atoms with Crippen molar-refractivity contribution in [1.29, 1.82) is 0 Å². The standard InChI is InChI=1S/C20H17ClN4O/c1-3-25-19-16(11-14-6-4-5-12(2)17(14)22-19)18(24-25)23-20(26)13-7-9-15(21)10-8-13/h4-11H,3H2,1-2H3,(H,23,24,26). The maximum atomic E-state index is 12.6. The number of pyridine rings is 1. The number of hydrogen-bond acceptors (Lipinski definition) is 3. The highest BCUT2D eigenvalue weighted by Crippen LogP contribution is 2.27. The van der Waals surface area contributed by atoms with Crippen LogP contribution in [-0.2, 0) is 6.54 Å². The molecule has 0 aliphatic heterocycles. The first-order valence-electron chi connectivity index (χ1n) is 8.40. The number of hydrogen-bond donors (Lipinski definition) is 1. The molecule has 0 radical (unpaired) electrons. The second-order valence-corrected chi connectivity index (χ2v) is 6.57. The minimum atomic E-state index is -0.228. The maximum absolute atomic E-state index is 12.6. The summed E-state index contributed by atoms with van der Waals surface area (Å²) in [5, 5.41) is 9.88. The van der Waals surface area contributed by atoms with Crippen LogP contribution in [0.2, 0.25) is 5.02 Å². The quantitative estimate of drug-likeness (QED) is 0.567. The highest BCUT2D eigenvalue weighted by Gasteiger charge is 2.16. The fraction of sp³-hybridized carbons (Fsp3) is 0.150. The largest absolute Gasteiger partial charge is 0.305 e. The molecule has 4 aromatic rings. The molecule has 2 aromatic carbocycles. The number of aromatic nitrogens is 3. The van der Waals surface area contributed by atoms with Gasteiger partial charge in [-0.1, -0.05) is 29.8 Å². The van der Waals surface area contributed by atoms with Crippen molar-refractivity contribution in [2.45, 2.75) is 20.4 Å². The Bertz CT molecular complexity index is 1130. The van der Waals surface area contributed by atoms with E-state index in [1.54, 1.807) is 28.9 Å². The van der Waals surface area contributed by atoms with Crippen LogP contribution >= 0.6 is 11.6 Å². The van der Waals surface area contributed by atoms with Crippen LogP contribution in [0.4, 0.5) is 5.82 Å². The van der Waals surface area contributed by atoms with E-state index in [1.807, 2.05) is 38.1 Å². The predicted molar refractivity (Wildman–Crippen MR) is 105 cm³/mol. The Morgan fingerprint density at radius 2 is 1.96 bits per heavy atom. The Morgan fingerprint density at radius 1 is 1.19 bits per heavy atom. The SMILES string of the molecule is CCn1nc(NC(=O)c2ccc(Cl)cc2)c2cc3cccc(C)c3nc21. The van der Waals surface area contributed by atoms with Crippen LogP contribution in [0, 0.1) is 6.92 Å². The number of aryl methyl sites for hydroxylation is 2. The van der Waals surface area contributed by atoms with Gasteiger partial charge in [-0.15, -0.1) is 0 Å². The van der Waals surface area contributed by atoms with Gasteiger partial charge in [-0.05, 0) is 49.7 Å². The summed E-state index contributed by atoms with van der Waals surface area (Å²) in [5.41, 5.74) is 3.35. The summed E-state index contributed by atoms with van der Waals surface area (Å²) in [4.78, 5) is 17.4.